The molecular formula is C28H28N2O2S2Si. The van der Waals surface area contributed by atoms with Crippen LogP contribution in [0.2, 0.25) is 13.1 Å². The largest absolute Gasteiger partial charge is 0.378 e. The van der Waals surface area contributed by atoms with Crippen molar-refractivity contribution in [3.8, 4) is 0 Å². The maximum atomic E-state index is 10.8. The van der Waals surface area contributed by atoms with Crippen molar-refractivity contribution in [2.45, 2.75) is 13.1 Å². The van der Waals surface area contributed by atoms with Crippen molar-refractivity contribution < 1.29 is 4.92 Å². The van der Waals surface area contributed by atoms with E-state index >= 15 is 0 Å². The van der Waals surface area contributed by atoms with Crippen LogP contribution in [0.4, 0.5) is 11.4 Å². The van der Waals surface area contributed by atoms with Crippen LogP contribution in [0.1, 0.15) is 20.9 Å². The van der Waals surface area contributed by atoms with Gasteiger partial charge < -0.3 is 4.90 Å². The van der Waals surface area contributed by atoms with Crippen molar-refractivity contribution in [3.05, 3.63) is 104 Å². The summed E-state index contributed by atoms with van der Waals surface area (Å²) in [6.07, 6.45) is 8.48. The second-order valence-corrected chi connectivity index (χ2v) is 16.3. The molecule has 4 aromatic rings. The number of non-ortho nitro benzene ring substituents is 1. The topological polar surface area (TPSA) is 46.4 Å². The predicted octanol–water partition coefficient (Wildman–Crippen LogP) is 6.95. The summed E-state index contributed by atoms with van der Waals surface area (Å²) in [7, 11) is 2.32. The number of nitro groups is 1. The van der Waals surface area contributed by atoms with Gasteiger partial charge in [0.15, 0.2) is 0 Å². The Kier molecular flexibility index (Phi) is 7.50. The summed E-state index contributed by atoms with van der Waals surface area (Å²) in [5.74, 6) is 0. The second-order valence-electron chi connectivity index (χ2n) is 9.03. The van der Waals surface area contributed by atoms with E-state index < -0.39 is 8.07 Å². The summed E-state index contributed by atoms with van der Waals surface area (Å²) in [4.78, 5) is 15.0. The molecule has 0 aliphatic carbocycles. The first-order valence-corrected chi connectivity index (χ1v) is 15.9. The summed E-state index contributed by atoms with van der Waals surface area (Å²) in [5, 5.41) is 10.8. The summed E-state index contributed by atoms with van der Waals surface area (Å²) in [6, 6.07) is 24.1. The third-order valence-electron chi connectivity index (χ3n) is 5.88. The van der Waals surface area contributed by atoms with E-state index in [1.165, 1.54) is 42.1 Å². The Morgan fingerprint density at radius 3 is 1.60 bits per heavy atom. The quantitative estimate of drug-likeness (QED) is 0.145. The fourth-order valence-corrected chi connectivity index (χ4v) is 9.79. The first-order chi connectivity index (χ1) is 16.7. The monoisotopic (exact) mass is 516 g/mol. The number of hydrogen-bond acceptors (Lipinski definition) is 5. The van der Waals surface area contributed by atoms with Crippen molar-refractivity contribution >= 4 is 75.4 Å². The molecule has 0 saturated carbocycles. The molecule has 0 aliphatic heterocycles. The number of hydrogen-bond donors (Lipinski definition) is 0. The molecule has 2 aromatic carbocycles. The number of rotatable bonds is 8. The maximum Gasteiger partial charge on any atom is 0.269 e. The van der Waals surface area contributed by atoms with Crippen LogP contribution in [0, 0.1) is 10.1 Å². The van der Waals surface area contributed by atoms with Gasteiger partial charge >= 0.3 is 0 Å². The zero-order valence-corrected chi connectivity index (χ0v) is 22.9. The normalized spacial score (nSPS) is 12.0. The van der Waals surface area contributed by atoms with Crippen LogP contribution in [0.5, 0.6) is 0 Å². The van der Waals surface area contributed by atoms with Gasteiger partial charge in [-0.05, 0) is 68.7 Å². The minimum atomic E-state index is -1.78. The highest BCUT2D eigenvalue weighted by Crippen LogP contribution is 2.22. The molecule has 2 heterocycles. The summed E-state index contributed by atoms with van der Waals surface area (Å²) in [5.41, 5.74) is 3.46. The first-order valence-electron chi connectivity index (χ1n) is 11.3. The van der Waals surface area contributed by atoms with Crippen LogP contribution in [0.3, 0.4) is 0 Å². The molecule has 0 radical (unpaired) electrons. The number of nitrogens with zero attached hydrogens (tertiary/aromatic N) is 2. The van der Waals surface area contributed by atoms with Crippen LogP contribution >= 0.6 is 22.7 Å². The van der Waals surface area contributed by atoms with Crippen LogP contribution in [-0.4, -0.2) is 27.1 Å². The molecule has 35 heavy (non-hydrogen) atoms. The van der Waals surface area contributed by atoms with E-state index in [2.05, 4.69) is 98.8 Å². The molecule has 0 atom stereocenters. The van der Waals surface area contributed by atoms with Gasteiger partial charge in [-0.1, -0.05) is 49.5 Å². The lowest BCUT2D eigenvalue weighted by molar-refractivity contribution is -0.384. The highest BCUT2D eigenvalue weighted by molar-refractivity contribution is 7.37. The third kappa shape index (κ3) is 6.06. The predicted molar refractivity (Wildman–Crippen MR) is 157 cm³/mol. The molecule has 0 aliphatic rings. The molecule has 0 unspecified atom stereocenters. The minimum Gasteiger partial charge on any atom is -0.378 e. The highest BCUT2D eigenvalue weighted by Gasteiger charge is 2.29. The van der Waals surface area contributed by atoms with Crippen LogP contribution in [-0.2, 0) is 0 Å². The fourth-order valence-electron chi connectivity index (χ4n) is 3.63. The van der Waals surface area contributed by atoms with Gasteiger partial charge in [-0.25, -0.2) is 0 Å². The molecule has 4 rings (SSSR count). The fraction of sp³-hybridized carbons (Fsp3) is 0.143. The standard InChI is InChI=1S/C28H28N2O2S2Si/c1-29(2)23-11-5-21(6-12-23)9-15-25-17-19-27(33-25)35(3,4)28-20-18-26(34-28)16-10-22-7-13-24(14-8-22)30(31)32/h5-20H,1-4H3/b15-9+,16-10+. The Morgan fingerprint density at radius 1 is 0.714 bits per heavy atom. The van der Waals surface area contributed by atoms with E-state index in [9.17, 15) is 10.1 Å². The number of nitro benzene ring substituents is 1. The van der Waals surface area contributed by atoms with Crippen molar-refractivity contribution in [1.82, 2.24) is 0 Å². The lowest BCUT2D eigenvalue weighted by Gasteiger charge is -2.18. The van der Waals surface area contributed by atoms with E-state index in [0.29, 0.717) is 0 Å². The lowest BCUT2D eigenvalue weighted by atomic mass is 10.2. The highest BCUT2D eigenvalue weighted by atomic mass is 32.1. The SMILES string of the molecule is CN(C)c1ccc(/C=C/c2ccc([Si](C)(C)c3ccc(/C=C/c4ccc([N+](=O)[O-])cc4)s3)s2)cc1. The molecule has 2 aromatic heterocycles. The molecule has 4 nitrogen and oxygen atoms in total. The summed E-state index contributed by atoms with van der Waals surface area (Å²) < 4.78 is 2.91. The number of benzene rings is 2. The smallest absolute Gasteiger partial charge is 0.269 e. The number of anilines is 1. The van der Waals surface area contributed by atoms with Gasteiger partial charge in [0.1, 0.15) is 8.07 Å². The Labute approximate surface area is 215 Å². The van der Waals surface area contributed by atoms with Gasteiger partial charge in [0.25, 0.3) is 5.69 Å². The summed E-state index contributed by atoms with van der Waals surface area (Å²) in [6.45, 7) is 4.81. The molecular weight excluding hydrogens is 489 g/mol. The molecule has 0 spiro atoms. The van der Waals surface area contributed by atoms with Gasteiger partial charge in [-0.2, -0.15) is 0 Å². The zero-order valence-electron chi connectivity index (χ0n) is 20.3. The Morgan fingerprint density at radius 2 is 1.17 bits per heavy atom. The van der Waals surface area contributed by atoms with Crippen molar-refractivity contribution in [3.63, 3.8) is 0 Å². The van der Waals surface area contributed by atoms with Crippen LogP contribution in [0.25, 0.3) is 24.3 Å². The van der Waals surface area contributed by atoms with Crippen LogP contribution in [0.15, 0.2) is 72.8 Å². The van der Waals surface area contributed by atoms with Crippen molar-refractivity contribution in [1.29, 1.82) is 0 Å². The molecule has 0 bridgehead atoms. The lowest BCUT2D eigenvalue weighted by Crippen LogP contribution is -2.49. The molecule has 178 valence electrons. The van der Waals surface area contributed by atoms with Gasteiger partial charge in [0.05, 0.1) is 4.92 Å². The van der Waals surface area contributed by atoms with Gasteiger partial charge in [-0.15, -0.1) is 22.7 Å². The van der Waals surface area contributed by atoms with Gasteiger partial charge in [0.2, 0.25) is 0 Å². The van der Waals surface area contributed by atoms with Crippen LogP contribution < -0.4 is 13.9 Å². The Hall–Kier alpha value is -3.26. The maximum absolute atomic E-state index is 10.8. The van der Waals surface area contributed by atoms with E-state index in [1.807, 2.05) is 28.7 Å². The van der Waals surface area contributed by atoms with E-state index in [0.717, 1.165) is 5.56 Å². The second kappa shape index (κ2) is 10.6. The van der Waals surface area contributed by atoms with E-state index in [4.69, 9.17) is 0 Å². The third-order valence-corrected chi connectivity index (χ3v) is 14.1. The van der Waals surface area contributed by atoms with E-state index in [-0.39, 0.29) is 10.6 Å². The number of thiophene rings is 2. The molecule has 0 fully saturated rings. The zero-order chi connectivity index (χ0) is 25.0. The average Bonchev–Trinajstić information content (AvgIpc) is 3.53. The molecule has 0 N–H and O–H groups in total. The minimum absolute atomic E-state index is 0.112. The Balaban J connectivity index is 1.45. The van der Waals surface area contributed by atoms with Crippen molar-refractivity contribution in [2.24, 2.45) is 0 Å². The van der Waals surface area contributed by atoms with Crippen molar-refractivity contribution in [2.75, 3.05) is 19.0 Å². The van der Waals surface area contributed by atoms with Gasteiger partial charge in [0, 0.05) is 41.7 Å². The average molecular weight is 517 g/mol. The van der Waals surface area contributed by atoms with E-state index in [1.54, 1.807) is 12.1 Å². The summed E-state index contributed by atoms with van der Waals surface area (Å²) >= 11 is 3.72. The molecule has 7 heteroatoms. The molecule has 0 saturated heterocycles. The van der Waals surface area contributed by atoms with Gasteiger partial charge in [-0.3, -0.25) is 10.1 Å². The Bertz CT molecular complexity index is 1360. The first kappa shape index (κ1) is 24.8. The molecule has 0 amide bonds.